The van der Waals surface area contributed by atoms with E-state index in [0.717, 1.165) is 4.52 Å². The van der Waals surface area contributed by atoms with Crippen LogP contribution in [0.2, 0.25) is 0 Å². The molecule has 0 atom stereocenters. The van der Waals surface area contributed by atoms with E-state index in [2.05, 4.69) is 15.3 Å². The van der Waals surface area contributed by atoms with Gasteiger partial charge in [-0.25, -0.2) is 9.89 Å². The molecule has 0 radical (unpaired) electrons. The number of hydrogen-bond donors (Lipinski definition) is 2. The van der Waals surface area contributed by atoms with Crippen LogP contribution in [0.15, 0.2) is 21.7 Å². The molecule has 0 saturated carbocycles. The van der Waals surface area contributed by atoms with E-state index in [-0.39, 0.29) is 5.56 Å². The maximum atomic E-state index is 10.8. The van der Waals surface area contributed by atoms with E-state index in [1.165, 1.54) is 12.1 Å². The Hall–Kier alpha value is -1.85. The largest absolute Gasteiger partial charge is 0.362 e. The number of nitrogens with one attached hydrogen (secondary N) is 2. The lowest BCUT2D eigenvalue weighted by molar-refractivity contribution is 0.856. The van der Waals surface area contributed by atoms with Gasteiger partial charge in [0.15, 0.2) is 5.65 Å². The first-order valence-corrected chi connectivity index (χ1v) is 2.94. The van der Waals surface area contributed by atoms with Gasteiger partial charge in [0, 0.05) is 6.07 Å². The van der Waals surface area contributed by atoms with Crippen LogP contribution in [0.4, 0.5) is 0 Å². The third kappa shape index (κ3) is 0.759. The minimum atomic E-state index is -0.447. The second kappa shape index (κ2) is 1.82. The summed E-state index contributed by atoms with van der Waals surface area (Å²) in [7, 11) is 0. The number of hydrogen-bond acceptors (Lipinski definition) is 3. The van der Waals surface area contributed by atoms with Crippen LogP contribution in [0.5, 0.6) is 0 Å². The zero-order chi connectivity index (χ0) is 7.84. The Kier molecular flexibility index (Phi) is 0.974. The highest BCUT2D eigenvalue weighted by Crippen LogP contribution is 1.83. The van der Waals surface area contributed by atoms with Crippen molar-refractivity contribution in [3.05, 3.63) is 33.0 Å². The minimum Gasteiger partial charge on any atom is -0.268 e. The van der Waals surface area contributed by atoms with E-state index in [0.29, 0.717) is 5.65 Å². The monoisotopic (exact) mass is 152 g/mol. The van der Waals surface area contributed by atoms with Gasteiger partial charge in [0.2, 0.25) is 0 Å². The first-order chi connectivity index (χ1) is 5.27. The Balaban J connectivity index is 3.10. The summed E-state index contributed by atoms with van der Waals surface area (Å²) in [5.41, 5.74) is -0.381. The highest BCUT2D eigenvalue weighted by molar-refractivity contribution is 5.32. The van der Waals surface area contributed by atoms with E-state index in [9.17, 15) is 9.59 Å². The fourth-order valence-electron chi connectivity index (χ4n) is 0.827. The van der Waals surface area contributed by atoms with Crippen molar-refractivity contribution in [2.45, 2.75) is 0 Å². The molecule has 2 N–H and O–H groups in total. The predicted molar refractivity (Wildman–Crippen MR) is 36.4 cm³/mol. The van der Waals surface area contributed by atoms with Crippen LogP contribution in [-0.2, 0) is 0 Å². The van der Waals surface area contributed by atoms with Crippen LogP contribution in [0.25, 0.3) is 5.65 Å². The molecule has 0 amide bonds. The molecule has 0 fully saturated rings. The summed E-state index contributed by atoms with van der Waals surface area (Å²) in [6, 6.07) is 2.76. The van der Waals surface area contributed by atoms with Gasteiger partial charge in [-0.2, -0.15) is 9.61 Å². The summed E-state index contributed by atoms with van der Waals surface area (Å²) in [6.07, 6.45) is 0. The molecule has 11 heavy (non-hydrogen) atoms. The number of H-pyrrole nitrogens is 2. The number of rotatable bonds is 0. The fraction of sp³-hybridized carbons (Fsp3) is 0. The predicted octanol–water partition coefficient (Wildman–Crippen LogP) is -1.29. The molecule has 0 unspecified atom stereocenters. The molecule has 0 aliphatic heterocycles. The summed E-state index contributed by atoms with van der Waals surface area (Å²) in [5, 5.41) is 8.10. The van der Waals surface area contributed by atoms with Crippen molar-refractivity contribution < 1.29 is 0 Å². The van der Waals surface area contributed by atoms with Crippen LogP contribution in [0, 0.1) is 0 Å². The summed E-state index contributed by atoms with van der Waals surface area (Å²) >= 11 is 0. The number of nitrogens with zero attached hydrogens (tertiary/aromatic N) is 2. The zero-order valence-electron chi connectivity index (χ0n) is 5.37. The third-order valence-corrected chi connectivity index (χ3v) is 1.30. The maximum absolute atomic E-state index is 10.8. The van der Waals surface area contributed by atoms with Crippen LogP contribution >= 0.6 is 0 Å². The molecule has 0 aliphatic rings. The Morgan fingerprint density at radius 1 is 1.36 bits per heavy atom. The molecule has 0 bridgehead atoms. The molecule has 2 heterocycles. The summed E-state index contributed by atoms with van der Waals surface area (Å²) in [5.74, 6) is 0. The molecular formula is C5H4N4O2. The molecule has 6 nitrogen and oxygen atoms in total. The van der Waals surface area contributed by atoms with Gasteiger partial charge in [-0.05, 0) is 6.07 Å². The lowest BCUT2D eigenvalue weighted by Gasteiger charge is -1.85. The Morgan fingerprint density at radius 3 is 3.00 bits per heavy atom. The van der Waals surface area contributed by atoms with E-state index < -0.39 is 5.69 Å². The molecule has 0 spiro atoms. The van der Waals surface area contributed by atoms with Crippen LogP contribution in [0.1, 0.15) is 0 Å². The van der Waals surface area contributed by atoms with Gasteiger partial charge in [0.25, 0.3) is 5.56 Å². The van der Waals surface area contributed by atoms with Gasteiger partial charge in [-0.15, -0.1) is 0 Å². The van der Waals surface area contributed by atoms with Crippen molar-refractivity contribution in [3.63, 3.8) is 0 Å². The van der Waals surface area contributed by atoms with Crippen molar-refractivity contribution in [1.29, 1.82) is 0 Å². The average molecular weight is 152 g/mol. The lowest BCUT2D eigenvalue weighted by atomic mass is 10.6. The highest BCUT2D eigenvalue weighted by Gasteiger charge is 1.96. The Morgan fingerprint density at radius 2 is 2.18 bits per heavy atom. The van der Waals surface area contributed by atoms with Crippen molar-refractivity contribution in [1.82, 2.24) is 19.8 Å². The first-order valence-electron chi connectivity index (χ1n) is 2.94. The quantitative estimate of drug-likeness (QED) is 0.492. The number of aromatic nitrogens is 4. The Labute approximate surface area is 59.5 Å². The molecular weight excluding hydrogens is 148 g/mol. The van der Waals surface area contributed by atoms with Gasteiger partial charge in [-0.3, -0.25) is 9.89 Å². The molecule has 0 saturated heterocycles. The van der Waals surface area contributed by atoms with Gasteiger partial charge >= 0.3 is 5.69 Å². The number of fused-ring (bicyclic) bond motifs is 1. The number of aromatic amines is 2. The maximum Gasteiger partial charge on any atom is 0.362 e. The molecule has 2 aromatic rings. The van der Waals surface area contributed by atoms with Crippen molar-refractivity contribution in [3.8, 4) is 0 Å². The van der Waals surface area contributed by atoms with Gasteiger partial charge < -0.3 is 0 Å². The van der Waals surface area contributed by atoms with Crippen molar-refractivity contribution in [2.24, 2.45) is 0 Å². The molecule has 0 aliphatic carbocycles. The highest BCUT2D eigenvalue weighted by atomic mass is 16.2. The van der Waals surface area contributed by atoms with Crippen LogP contribution < -0.4 is 11.2 Å². The first kappa shape index (κ1) is 5.90. The standard InChI is InChI=1S/C5H4N4O2/c10-4-2-1-3-6-7-5(11)9(3)8-4/h1-2H,(H,7,11)(H,8,10). The second-order valence-electron chi connectivity index (χ2n) is 2.03. The summed E-state index contributed by atoms with van der Waals surface area (Å²) < 4.78 is 1.04. The van der Waals surface area contributed by atoms with Crippen LogP contribution in [-0.4, -0.2) is 19.8 Å². The normalized spacial score (nSPS) is 10.5. The zero-order valence-corrected chi connectivity index (χ0v) is 5.37. The van der Waals surface area contributed by atoms with Crippen LogP contribution in [0.3, 0.4) is 0 Å². The topological polar surface area (TPSA) is 83.0 Å². The average Bonchev–Trinajstić information content (AvgIpc) is 2.33. The van der Waals surface area contributed by atoms with E-state index in [4.69, 9.17) is 0 Å². The molecule has 56 valence electrons. The Bertz CT molecular complexity index is 491. The molecule has 2 aromatic heterocycles. The van der Waals surface area contributed by atoms with Crippen molar-refractivity contribution >= 4 is 5.65 Å². The third-order valence-electron chi connectivity index (χ3n) is 1.30. The smallest absolute Gasteiger partial charge is 0.268 e. The van der Waals surface area contributed by atoms with E-state index >= 15 is 0 Å². The van der Waals surface area contributed by atoms with Gasteiger partial charge in [-0.1, -0.05) is 0 Å². The molecule has 0 aromatic carbocycles. The van der Waals surface area contributed by atoms with Gasteiger partial charge in [0.05, 0.1) is 0 Å². The van der Waals surface area contributed by atoms with E-state index in [1.54, 1.807) is 0 Å². The van der Waals surface area contributed by atoms with E-state index in [1.807, 2.05) is 0 Å². The minimum absolute atomic E-state index is 0.332. The van der Waals surface area contributed by atoms with Gasteiger partial charge in [0.1, 0.15) is 0 Å². The molecule has 2 rings (SSSR count). The SMILES string of the molecule is O=c1ccc2n[nH]c(=O)n2[nH]1. The summed E-state index contributed by atoms with van der Waals surface area (Å²) in [6.45, 7) is 0. The molecule has 6 heteroatoms. The second-order valence-corrected chi connectivity index (χ2v) is 2.03. The van der Waals surface area contributed by atoms with Crippen molar-refractivity contribution in [2.75, 3.05) is 0 Å². The lowest BCUT2D eigenvalue weighted by Crippen LogP contribution is -2.18. The fourth-order valence-corrected chi connectivity index (χ4v) is 0.827. The summed E-state index contributed by atoms with van der Waals surface area (Å²) in [4.78, 5) is 21.5.